The number of rotatable bonds is 9. The van der Waals surface area contributed by atoms with E-state index in [-0.39, 0.29) is 28.2 Å². The quantitative estimate of drug-likeness (QED) is 0.206. The van der Waals surface area contributed by atoms with Gasteiger partial charge in [0, 0.05) is 5.69 Å². The van der Waals surface area contributed by atoms with Crippen LogP contribution in [0.2, 0.25) is 10.0 Å². The smallest absolute Gasteiger partial charge is 0.329 e. The topological polar surface area (TPSA) is 118 Å². The van der Waals surface area contributed by atoms with Crippen LogP contribution in [-0.4, -0.2) is 37.7 Å². The molecule has 0 atom stereocenters. The lowest BCUT2D eigenvalue weighted by Crippen LogP contribution is -2.32. The summed E-state index contributed by atoms with van der Waals surface area (Å²) in [6.45, 7) is 1.79. The van der Waals surface area contributed by atoms with Crippen LogP contribution in [0.25, 0.3) is 0 Å². The minimum Gasteiger partial charge on any atom is -0.493 e. The lowest BCUT2D eigenvalue weighted by Gasteiger charge is -2.13. The summed E-state index contributed by atoms with van der Waals surface area (Å²) in [4.78, 5) is 36.5. The lowest BCUT2D eigenvalue weighted by molar-refractivity contribution is -0.136. The van der Waals surface area contributed by atoms with E-state index in [9.17, 15) is 14.4 Å². The second-order valence-electron chi connectivity index (χ2n) is 7.51. The van der Waals surface area contributed by atoms with Crippen molar-refractivity contribution >= 4 is 58.5 Å². The number of halogens is 2. The molecule has 3 rings (SSSR count). The molecule has 0 aliphatic rings. The summed E-state index contributed by atoms with van der Waals surface area (Å²) >= 11 is 11.9. The van der Waals surface area contributed by atoms with Crippen molar-refractivity contribution in [2.45, 2.75) is 13.3 Å². The van der Waals surface area contributed by atoms with Gasteiger partial charge >= 0.3 is 11.8 Å². The molecule has 3 aromatic carbocycles. The molecule has 0 bridgehead atoms. The molecular formula is C26H24Cl2N4O5. The van der Waals surface area contributed by atoms with Gasteiger partial charge in [0.15, 0.2) is 18.1 Å². The monoisotopic (exact) mass is 542 g/mol. The fraction of sp³-hybridized carbons (Fsp3) is 0.154. The number of carbonyl (C=O) groups excluding carboxylic acids is 3. The van der Waals surface area contributed by atoms with E-state index in [0.29, 0.717) is 17.1 Å². The van der Waals surface area contributed by atoms with E-state index in [2.05, 4.69) is 21.2 Å². The number of para-hydroxylation sites is 1. The van der Waals surface area contributed by atoms with E-state index in [1.54, 1.807) is 30.3 Å². The summed E-state index contributed by atoms with van der Waals surface area (Å²) < 4.78 is 10.9. The number of aryl methyl sites for hydroxylation is 1. The van der Waals surface area contributed by atoms with Gasteiger partial charge in [-0.25, -0.2) is 5.43 Å². The van der Waals surface area contributed by atoms with E-state index in [1.165, 1.54) is 19.4 Å². The largest absolute Gasteiger partial charge is 0.493 e. The summed E-state index contributed by atoms with van der Waals surface area (Å²) in [6, 6.07) is 17.0. The van der Waals surface area contributed by atoms with Crippen LogP contribution in [0.15, 0.2) is 65.8 Å². The third kappa shape index (κ3) is 7.70. The van der Waals surface area contributed by atoms with Gasteiger partial charge < -0.3 is 20.1 Å². The number of nitrogens with zero attached hydrogens (tertiary/aromatic N) is 1. The van der Waals surface area contributed by atoms with Crippen LogP contribution in [0.3, 0.4) is 0 Å². The molecule has 0 spiro atoms. The number of hydrazone groups is 1. The van der Waals surface area contributed by atoms with Gasteiger partial charge in [-0.1, -0.05) is 54.4 Å². The van der Waals surface area contributed by atoms with Crippen LogP contribution < -0.4 is 25.5 Å². The highest BCUT2D eigenvalue weighted by molar-refractivity contribution is 6.45. The molecular weight excluding hydrogens is 519 g/mol. The minimum atomic E-state index is -1.00. The van der Waals surface area contributed by atoms with Gasteiger partial charge in [0.2, 0.25) is 0 Å². The molecule has 3 N–H and O–H groups in total. The van der Waals surface area contributed by atoms with Crippen molar-refractivity contribution in [1.82, 2.24) is 5.43 Å². The first kappa shape index (κ1) is 27.5. The molecule has 3 amide bonds. The SMILES string of the molecule is CCc1ccccc1NC(=O)COc1ccc(/C=N\NC(=O)C(=O)Nc2cccc(Cl)c2Cl)cc1OC. The third-order valence-corrected chi connectivity index (χ3v) is 5.82. The van der Waals surface area contributed by atoms with E-state index < -0.39 is 11.8 Å². The summed E-state index contributed by atoms with van der Waals surface area (Å²) in [5.41, 5.74) is 4.63. The molecule has 0 fully saturated rings. The lowest BCUT2D eigenvalue weighted by atomic mass is 10.1. The van der Waals surface area contributed by atoms with Crippen LogP contribution in [0, 0.1) is 0 Å². The van der Waals surface area contributed by atoms with Gasteiger partial charge in [0.1, 0.15) is 0 Å². The number of carbonyl (C=O) groups is 3. The Morgan fingerprint density at radius 2 is 1.68 bits per heavy atom. The zero-order chi connectivity index (χ0) is 26.8. The standard InChI is InChI=1S/C26H24Cl2N4O5/c1-3-17-7-4-5-9-19(17)30-23(33)15-37-21-12-11-16(13-22(21)36-2)14-29-32-26(35)25(34)31-20-10-6-8-18(27)24(20)28/h4-14H,3,15H2,1-2H3,(H,30,33)(H,31,34)(H,32,35)/b29-14-. The van der Waals surface area contributed by atoms with Crippen LogP contribution in [0.1, 0.15) is 18.1 Å². The maximum absolute atomic E-state index is 12.3. The Morgan fingerprint density at radius 1 is 0.919 bits per heavy atom. The first-order valence-corrected chi connectivity index (χ1v) is 11.8. The van der Waals surface area contributed by atoms with Crippen molar-refractivity contribution < 1.29 is 23.9 Å². The third-order valence-electron chi connectivity index (χ3n) is 5.00. The maximum atomic E-state index is 12.3. The summed E-state index contributed by atoms with van der Waals surface area (Å²) in [6.07, 6.45) is 2.10. The van der Waals surface area contributed by atoms with Crippen molar-refractivity contribution in [3.05, 3.63) is 81.8 Å². The van der Waals surface area contributed by atoms with E-state index in [0.717, 1.165) is 17.7 Å². The number of hydrogen-bond acceptors (Lipinski definition) is 6. The molecule has 0 aliphatic heterocycles. The van der Waals surface area contributed by atoms with Crippen LogP contribution >= 0.6 is 23.2 Å². The normalized spacial score (nSPS) is 10.6. The minimum absolute atomic E-state index is 0.117. The van der Waals surface area contributed by atoms with Crippen LogP contribution in [0.5, 0.6) is 11.5 Å². The Bertz CT molecular complexity index is 1330. The zero-order valence-corrected chi connectivity index (χ0v) is 21.5. The second-order valence-corrected chi connectivity index (χ2v) is 8.30. The van der Waals surface area contributed by atoms with Crippen molar-refractivity contribution in [3.8, 4) is 11.5 Å². The number of nitrogens with one attached hydrogen (secondary N) is 3. The molecule has 9 nitrogen and oxygen atoms in total. The van der Waals surface area contributed by atoms with Gasteiger partial charge in [0.25, 0.3) is 5.91 Å². The Hall–Kier alpha value is -4.08. The number of amides is 3. The maximum Gasteiger partial charge on any atom is 0.329 e. The summed E-state index contributed by atoms with van der Waals surface area (Å²) in [7, 11) is 1.45. The average molecular weight is 543 g/mol. The van der Waals surface area contributed by atoms with Gasteiger partial charge in [-0.3, -0.25) is 14.4 Å². The number of benzene rings is 3. The van der Waals surface area contributed by atoms with Crippen molar-refractivity contribution in [3.63, 3.8) is 0 Å². The van der Waals surface area contributed by atoms with Crippen LogP contribution in [0.4, 0.5) is 11.4 Å². The first-order chi connectivity index (χ1) is 17.8. The number of methoxy groups -OCH3 is 1. The predicted molar refractivity (Wildman–Crippen MR) is 144 cm³/mol. The highest BCUT2D eigenvalue weighted by Crippen LogP contribution is 2.29. The highest BCUT2D eigenvalue weighted by atomic mass is 35.5. The Morgan fingerprint density at radius 3 is 2.43 bits per heavy atom. The highest BCUT2D eigenvalue weighted by Gasteiger charge is 2.15. The first-order valence-electron chi connectivity index (χ1n) is 11.1. The fourth-order valence-corrected chi connectivity index (χ4v) is 3.51. The Labute approximate surface area is 223 Å². The number of anilines is 2. The Balaban J connectivity index is 1.55. The number of ether oxygens (including phenoxy) is 2. The molecule has 37 heavy (non-hydrogen) atoms. The molecule has 0 aliphatic carbocycles. The molecule has 192 valence electrons. The van der Waals surface area contributed by atoms with E-state index in [1.807, 2.05) is 31.2 Å². The summed E-state index contributed by atoms with van der Waals surface area (Å²) in [5.74, 6) is -1.59. The second kappa shape index (κ2) is 13.3. The molecule has 0 unspecified atom stereocenters. The molecule has 0 radical (unpaired) electrons. The number of hydrogen-bond donors (Lipinski definition) is 3. The fourth-order valence-electron chi connectivity index (χ4n) is 3.16. The molecule has 0 heterocycles. The van der Waals surface area contributed by atoms with Crippen LogP contribution in [-0.2, 0) is 20.8 Å². The van der Waals surface area contributed by atoms with Gasteiger partial charge in [0.05, 0.1) is 29.1 Å². The van der Waals surface area contributed by atoms with Gasteiger partial charge in [-0.05, 0) is 53.9 Å². The summed E-state index contributed by atoms with van der Waals surface area (Å²) in [5, 5.41) is 9.33. The van der Waals surface area contributed by atoms with Gasteiger partial charge in [-0.2, -0.15) is 5.10 Å². The van der Waals surface area contributed by atoms with Crippen molar-refractivity contribution in [2.75, 3.05) is 24.4 Å². The Kier molecular flexibility index (Phi) is 9.88. The molecule has 0 saturated carbocycles. The predicted octanol–water partition coefficient (Wildman–Crippen LogP) is 4.67. The average Bonchev–Trinajstić information content (AvgIpc) is 2.90. The van der Waals surface area contributed by atoms with Crippen molar-refractivity contribution in [2.24, 2.45) is 5.10 Å². The van der Waals surface area contributed by atoms with Crippen molar-refractivity contribution in [1.29, 1.82) is 0 Å². The van der Waals surface area contributed by atoms with E-state index >= 15 is 0 Å². The van der Waals surface area contributed by atoms with E-state index in [4.69, 9.17) is 32.7 Å². The van der Waals surface area contributed by atoms with Gasteiger partial charge in [-0.15, -0.1) is 0 Å². The molecule has 0 aromatic heterocycles. The zero-order valence-electron chi connectivity index (χ0n) is 20.0. The molecule has 0 saturated heterocycles. The molecule has 11 heteroatoms. The molecule has 3 aromatic rings.